The fourth-order valence-electron chi connectivity index (χ4n) is 3.43. The van der Waals surface area contributed by atoms with Crippen LogP contribution in [0.1, 0.15) is 22.6 Å². The summed E-state index contributed by atoms with van der Waals surface area (Å²) < 4.78 is 5.21. The number of likely N-dealkylation sites (N-methyl/N-ethyl adjacent to an activating group) is 1. The lowest BCUT2D eigenvalue weighted by molar-refractivity contribution is 0.295. The molecule has 0 unspecified atom stereocenters. The van der Waals surface area contributed by atoms with Crippen molar-refractivity contribution in [3.05, 3.63) is 83.8 Å². The molecule has 0 spiro atoms. The Morgan fingerprint density at radius 2 is 1.86 bits per heavy atom. The summed E-state index contributed by atoms with van der Waals surface area (Å²) in [5.41, 5.74) is 6.64. The highest BCUT2D eigenvalue weighted by molar-refractivity contribution is 5.64. The Kier molecular flexibility index (Phi) is 3.32. The van der Waals surface area contributed by atoms with E-state index >= 15 is 0 Å². The van der Waals surface area contributed by atoms with Gasteiger partial charge in [0.2, 0.25) is 0 Å². The molecule has 0 bridgehead atoms. The van der Waals surface area contributed by atoms with E-state index in [2.05, 4.69) is 60.5 Å². The van der Waals surface area contributed by atoms with Crippen molar-refractivity contribution in [1.82, 2.24) is 4.90 Å². The second-order valence-electron chi connectivity index (χ2n) is 6.09. The smallest absolute Gasteiger partial charge is 0.0980 e. The summed E-state index contributed by atoms with van der Waals surface area (Å²) in [6.45, 7) is 2.08. The van der Waals surface area contributed by atoms with Gasteiger partial charge in [-0.2, -0.15) is 0 Å². The second kappa shape index (κ2) is 5.47. The van der Waals surface area contributed by atoms with Gasteiger partial charge in [0.15, 0.2) is 0 Å². The van der Waals surface area contributed by atoms with E-state index in [0.29, 0.717) is 5.92 Å². The van der Waals surface area contributed by atoms with Crippen molar-refractivity contribution in [2.45, 2.75) is 12.5 Å². The molecule has 2 heterocycles. The minimum Gasteiger partial charge on any atom is -0.472 e. The lowest BCUT2D eigenvalue weighted by Crippen LogP contribution is -2.30. The Hall–Kier alpha value is -2.32. The van der Waals surface area contributed by atoms with Crippen LogP contribution in [0.15, 0.2) is 71.5 Å². The quantitative estimate of drug-likeness (QED) is 0.689. The number of hydrogen-bond acceptors (Lipinski definition) is 2. The summed E-state index contributed by atoms with van der Waals surface area (Å²) in [6, 6.07) is 19.6. The summed E-state index contributed by atoms with van der Waals surface area (Å²) in [7, 11) is 2.20. The number of nitrogens with zero attached hydrogens (tertiary/aromatic N) is 1. The molecule has 0 N–H and O–H groups in total. The van der Waals surface area contributed by atoms with Gasteiger partial charge in [-0.15, -0.1) is 0 Å². The Labute approximate surface area is 131 Å². The van der Waals surface area contributed by atoms with Crippen molar-refractivity contribution in [3.63, 3.8) is 0 Å². The summed E-state index contributed by atoms with van der Waals surface area (Å²) in [5.74, 6) is 0.452. The highest BCUT2D eigenvalue weighted by Gasteiger charge is 2.24. The molecule has 4 rings (SSSR count). The van der Waals surface area contributed by atoms with Crippen LogP contribution in [0.4, 0.5) is 0 Å². The highest BCUT2D eigenvalue weighted by atomic mass is 16.3. The second-order valence-corrected chi connectivity index (χ2v) is 6.09. The third kappa shape index (κ3) is 2.36. The van der Waals surface area contributed by atoms with E-state index in [0.717, 1.165) is 18.7 Å². The zero-order valence-electron chi connectivity index (χ0n) is 12.7. The van der Waals surface area contributed by atoms with Gasteiger partial charge in [-0.1, -0.05) is 42.5 Å². The first-order valence-electron chi connectivity index (χ1n) is 7.70. The van der Waals surface area contributed by atoms with Crippen molar-refractivity contribution < 1.29 is 4.42 Å². The Morgan fingerprint density at radius 3 is 2.64 bits per heavy atom. The number of benzene rings is 2. The van der Waals surface area contributed by atoms with Gasteiger partial charge in [-0.25, -0.2) is 0 Å². The van der Waals surface area contributed by atoms with E-state index in [9.17, 15) is 0 Å². The zero-order chi connectivity index (χ0) is 14.9. The van der Waals surface area contributed by atoms with Gasteiger partial charge < -0.3 is 9.32 Å². The number of hydrogen-bond donors (Lipinski definition) is 0. The molecule has 3 aromatic rings. The Morgan fingerprint density at radius 1 is 1.00 bits per heavy atom. The molecule has 1 aliphatic heterocycles. The van der Waals surface area contributed by atoms with Crippen LogP contribution >= 0.6 is 0 Å². The summed E-state index contributed by atoms with van der Waals surface area (Å²) in [5, 5.41) is 0. The molecule has 2 nitrogen and oxygen atoms in total. The molecule has 1 atom stereocenters. The van der Waals surface area contributed by atoms with E-state index in [4.69, 9.17) is 4.42 Å². The van der Waals surface area contributed by atoms with Crippen molar-refractivity contribution in [2.75, 3.05) is 13.6 Å². The van der Waals surface area contributed by atoms with Gasteiger partial charge in [0.1, 0.15) is 0 Å². The van der Waals surface area contributed by atoms with Crippen LogP contribution in [0.25, 0.3) is 11.1 Å². The van der Waals surface area contributed by atoms with E-state index in [1.54, 1.807) is 6.26 Å². The zero-order valence-corrected chi connectivity index (χ0v) is 12.7. The van der Waals surface area contributed by atoms with E-state index in [1.165, 1.54) is 22.3 Å². The molecule has 110 valence electrons. The molecule has 22 heavy (non-hydrogen) atoms. The number of fused-ring (bicyclic) bond motifs is 1. The van der Waals surface area contributed by atoms with Gasteiger partial charge >= 0.3 is 0 Å². The first kappa shape index (κ1) is 13.4. The average Bonchev–Trinajstić information content (AvgIpc) is 3.09. The van der Waals surface area contributed by atoms with E-state index in [-0.39, 0.29) is 0 Å². The normalized spacial score (nSPS) is 18.1. The SMILES string of the molecule is CN1Cc2cc(-c3ccoc3)ccc2[C@@H](c2ccccc2)C1. The number of rotatable bonds is 2. The van der Waals surface area contributed by atoms with Crippen molar-refractivity contribution in [1.29, 1.82) is 0 Å². The van der Waals surface area contributed by atoms with Crippen LogP contribution in [-0.2, 0) is 6.54 Å². The molecule has 1 aliphatic rings. The first-order valence-corrected chi connectivity index (χ1v) is 7.70. The Bertz CT molecular complexity index is 762. The molecule has 1 aromatic heterocycles. The minimum atomic E-state index is 0.452. The highest BCUT2D eigenvalue weighted by Crippen LogP contribution is 2.35. The third-order valence-electron chi connectivity index (χ3n) is 4.51. The first-order chi connectivity index (χ1) is 10.8. The standard InChI is InChI=1S/C20H19NO/c1-21-12-18-11-16(17-9-10-22-14-17)7-8-19(18)20(13-21)15-5-3-2-4-6-15/h2-11,14,20H,12-13H2,1H3/t20-/m1/s1. The maximum atomic E-state index is 5.21. The number of furan rings is 1. The van der Waals surface area contributed by atoms with Gasteiger partial charge in [0.05, 0.1) is 12.5 Å². The third-order valence-corrected chi connectivity index (χ3v) is 4.51. The fraction of sp³-hybridized carbons (Fsp3) is 0.200. The lowest BCUT2D eigenvalue weighted by Gasteiger charge is -2.33. The van der Waals surface area contributed by atoms with Crippen LogP contribution in [-0.4, -0.2) is 18.5 Å². The topological polar surface area (TPSA) is 16.4 Å². The molecule has 0 fully saturated rings. The minimum absolute atomic E-state index is 0.452. The van der Waals surface area contributed by atoms with Crippen LogP contribution in [0, 0.1) is 0 Å². The van der Waals surface area contributed by atoms with Gasteiger partial charge in [0, 0.05) is 24.6 Å². The van der Waals surface area contributed by atoms with Gasteiger partial charge in [-0.3, -0.25) is 0 Å². The maximum Gasteiger partial charge on any atom is 0.0980 e. The molecule has 2 aromatic carbocycles. The van der Waals surface area contributed by atoms with Crippen LogP contribution in [0.2, 0.25) is 0 Å². The average molecular weight is 289 g/mol. The Balaban J connectivity index is 1.78. The predicted octanol–water partition coefficient (Wildman–Crippen LogP) is 4.52. The maximum absolute atomic E-state index is 5.21. The van der Waals surface area contributed by atoms with Crippen molar-refractivity contribution >= 4 is 0 Å². The summed E-state index contributed by atoms with van der Waals surface area (Å²) in [4.78, 5) is 2.40. The van der Waals surface area contributed by atoms with Gasteiger partial charge in [0.25, 0.3) is 0 Å². The molecule has 0 amide bonds. The lowest BCUT2D eigenvalue weighted by atomic mass is 9.84. The van der Waals surface area contributed by atoms with Gasteiger partial charge in [-0.05, 0) is 41.4 Å². The molecular formula is C20H19NO. The van der Waals surface area contributed by atoms with Crippen LogP contribution in [0.3, 0.4) is 0 Å². The van der Waals surface area contributed by atoms with Crippen molar-refractivity contribution in [2.24, 2.45) is 0 Å². The molecule has 0 aliphatic carbocycles. The van der Waals surface area contributed by atoms with Crippen LogP contribution < -0.4 is 0 Å². The predicted molar refractivity (Wildman–Crippen MR) is 88.8 cm³/mol. The largest absolute Gasteiger partial charge is 0.472 e. The monoisotopic (exact) mass is 289 g/mol. The van der Waals surface area contributed by atoms with Crippen molar-refractivity contribution in [3.8, 4) is 11.1 Å². The van der Waals surface area contributed by atoms with E-state index < -0.39 is 0 Å². The van der Waals surface area contributed by atoms with E-state index in [1.807, 2.05) is 12.3 Å². The molecule has 0 radical (unpaired) electrons. The summed E-state index contributed by atoms with van der Waals surface area (Å²) >= 11 is 0. The molecule has 2 heteroatoms. The fourth-order valence-corrected chi connectivity index (χ4v) is 3.43. The van der Waals surface area contributed by atoms with Crippen LogP contribution in [0.5, 0.6) is 0 Å². The molecule has 0 saturated carbocycles. The molecular weight excluding hydrogens is 270 g/mol. The molecule has 0 saturated heterocycles. The summed E-state index contributed by atoms with van der Waals surface area (Å²) in [6.07, 6.45) is 3.54.